The molecular formula is C22H21N5O2. The molecule has 0 fully saturated rings. The lowest BCUT2D eigenvalue weighted by atomic mass is 9.93. The van der Waals surface area contributed by atoms with Gasteiger partial charge < -0.3 is 5.73 Å². The highest BCUT2D eigenvalue weighted by molar-refractivity contribution is 6.16. The number of ketones is 1. The molecule has 29 heavy (non-hydrogen) atoms. The van der Waals surface area contributed by atoms with Crippen LogP contribution in [-0.4, -0.2) is 47.3 Å². The Morgan fingerprint density at radius 1 is 1.14 bits per heavy atom. The van der Waals surface area contributed by atoms with E-state index in [1.165, 1.54) is 0 Å². The Morgan fingerprint density at radius 2 is 1.90 bits per heavy atom. The fourth-order valence-electron chi connectivity index (χ4n) is 3.61. The first-order valence-electron chi connectivity index (χ1n) is 9.27. The summed E-state index contributed by atoms with van der Waals surface area (Å²) in [5.41, 5.74) is 10.1. The monoisotopic (exact) mass is 387 g/mol. The van der Waals surface area contributed by atoms with Gasteiger partial charge in [0.1, 0.15) is 12.4 Å². The Kier molecular flexibility index (Phi) is 4.82. The summed E-state index contributed by atoms with van der Waals surface area (Å²) in [5, 5.41) is 4.36. The molecule has 1 aliphatic heterocycles. The van der Waals surface area contributed by atoms with Crippen LogP contribution in [0.1, 0.15) is 26.3 Å². The number of hydrogen-bond donors (Lipinski definition) is 1. The highest BCUT2D eigenvalue weighted by Gasteiger charge is 2.24. The van der Waals surface area contributed by atoms with E-state index in [1.54, 1.807) is 48.1 Å². The van der Waals surface area contributed by atoms with E-state index < -0.39 is 0 Å². The fraction of sp³-hybridized carbons (Fsp3) is 0.182. The Bertz CT molecular complexity index is 1130. The second-order valence-corrected chi connectivity index (χ2v) is 6.89. The minimum atomic E-state index is -0.132. The number of fused-ring (bicyclic) bond motifs is 1. The Morgan fingerprint density at radius 3 is 2.62 bits per heavy atom. The van der Waals surface area contributed by atoms with Gasteiger partial charge in [0.05, 0.1) is 11.9 Å². The van der Waals surface area contributed by atoms with Gasteiger partial charge in [-0.1, -0.05) is 30.3 Å². The van der Waals surface area contributed by atoms with Crippen LogP contribution >= 0.6 is 0 Å². The van der Waals surface area contributed by atoms with Crippen molar-refractivity contribution in [3.8, 4) is 11.1 Å². The van der Waals surface area contributed by atoms with Gasteiger partial charge in [0.25, 0.3) is 5.91 Å². The number of benzene rings is 2. The molecule has 4 rings (SSSR count). The first-order valence-corrected chi connectivity index (χ1v) is 9.27. The first kappa shape index (κ1) is 18.8. The molecule has 2 N–H and O–H groups in total. The van der Waals surface area contributed by atoms with Crippen molar-refractivity contribution in [2.45, 2.75) is 0 Å². The average Bonchev–Trinajstić information content (AvgIpc) is 3.14. The van der Waals surface area contributed by atoms with Gasteiger partial charge in [-0.3, -0.25) is 24.2 Å². The fourth-order valence-corrected chi connectivity index (χ4v) is 3.61. The van der Waals surface area contributed by atoms with E-state index in [9.17, 15) is 9.59 Å². The van der Waals surface area contributed by atoms with E-state index in [4.69, 9.17) is 5.73 Å². The molecule has 0 aliphatic carbocycles. The normalized spacial score (nSPS) is 13.1. The van der Waals surface area contributed by atoms with Crippen molar-refractivity contribution in [3.05, 3.63) is 71.4 Å². The first-order chi connectivity index (χ1) is 14.0. The number of amides is 1. The SMILES string of the molecule is CN(C(=O)c1ccccc1)c1c(-c2ccc3c(c2)C(CN)=NCC3=O)cnn1C. The summed E-state index contributed by atoms with van der Waals surface area (Å²) in [6.07, 6.45) is 1.72. The summed E-state index contributed by atoms with van der Waals surface area (Å²) in [7, 11) is 3.52. The third kappa shape index (κ3) is 3.25. The van der Waals surface area contributed by atoms with Crippen LogP contribution in [0.2, 0.25) is 0 Å². The largest absolute Gasteiger partial charge is 0.325 e. The Balaban J connectivity index is 1.78. The number of carbonyl (C=O) groups excluding carboxylic acids is 2. The molecular weight excluding hydrogens is 366 g/mol. The second-order valence-electron chi connectivity index (χ2n) is 6.89. The third-order valence-corrected chi connectivity index (χ3v) is 5.10. The van der Waals surface area contributed by atoms with Crippen LogP contribution < -0.4 is 10.6 Å². The van der Waals surface area contributed by atoms with Gasteiger partial charge in [-0.2, -0.15) is 5.10 Å². The number of aromatic nitrogens is 2. The number of rotatable bonds is 4. The molecule has 0 spiro atoms. The minimum Gasteiger partial charge on any atom is -0.325 e. The number of aryl methyl sites for hydroxylation is 1. The lowest BCUT2D eigenvalue weighted by Gasteiger charge is -2.20. The molecule has 0 unspecified atom stereocenters. The smallest absolute Gasteiger partial charge is 0.259 e. The predicted molar refractivity (Wildman–Crippen MR) is 113 cm³/mol. The van der Waals surface area contributed by atoms with Gasteiger partial charge in [0.15, 0.2) is 5.78 Å². The summed E-state index contributed by atoms with van der Waals surface area (Å²) in [4.78, 5) is 31.0. The average molecular weight is 387 g/mol. The second kappa shape index (κ2) is 7.44. The predicted octanol–water partition coefficient (Wildman–Crippen LogP) is 2.31. The highest BCUT2D eigenvalue weighted by atomic mass is 16.2. The number of nitrogens with two attached hydrogens (primary N) is 1. The van der Waals surface area contributed by atoms with Crippen molar-refractivity contribution in [3.63, 3.8) is 0 Å². The zero-order chi connectivity index (χ0) is 20.5. The van der Waals surface area contributed by atoms with E-state index in [1.807, 2.05) is 30.3 Å². The molecule has 0 radical (unpaired) electrons. The van der Waals surface area contributed by atoms with Gasteiger partial charge >= 0.3 is 0 Å². The lowest BCUT2D eigenvalue weighted by Crippen LogP contribution is -2.28. The number of anilines is 1. The molecule has 0 atom stereocenters. The molecule has 1 amide bonds. The third-order valence-electron chi connectivity index (χ3n) is 5.10. The molecule has 1 aromatic heterocycles. The summed E-state index contributed by atoms with van der Waals surface area (Å²) in [6.45, 7) is 0.390. The molecule has 7 heteroatoms. The summed E-state index contributed by atoms with van der Waals surface area (Å²) in [5.74, 6) is 0.506. The number of hydrogen-bond acceptors (Lipinski definition) is 5. The van der Waals surface area contributed by atoms with E-state index in [-0.39, 0.29) is 24.8 Å². The van der Waals surface area contributed by atoms with E-state index in [0.717, 1.165) is 16.7 Å². The standard InChI is InChI=1S/C22H21N5O2/c1-26(22(29)14-6-4-3-5-7-14)21-18(12-25-27(21)2)15-8-9-16-17(10-15)19(11-23)24-13-20(16)28/h3-10,12H,11,13,23H2,1-2H3. The quantitative estimate of drug-likeness (QED) is 0.743. The maximum Gasteiger partial charge on any atom is 0.259 e. The minimum absolute atomic E-state index is 0.0217. The lowest BCUT2D eigenvalue weighted by molar-refractivity contribution is 0.0987. The van der Waals surface area contributed by atoms with Gasteiger partial charge in [-0.25, -0.2) is 0 Å². The number of nitrogens with zero attached hydrogens (tertiary/aromatic N) is 4. The Labute approximate surface area is 168 Å². The molecule has 2 heterocycles. The van der Waals surface area contributed by atoms with Crippen LogP contribution in [0, 0.1) is 0 Å². The summed E-state index contributed by atoms with van der Waals surface area (Å²) < 4.78 is 1.67. The van der Waals surface area contributed by atoms with Crippen molar-refractivity contribution >= 4 is 23.2 Å². The maximum absolute atomic E-state index is 13.0. The summed E-state index contributed by atoms with van der Waals surface area (Å²) >= 11 is 0. The van der Waals surface area contributed by atoms with Gasteiger partial charge in [-0.15, -0.1) is 0 Å². The van der Waals surface area contributed by atoms with Crippen molar-refractivity contribution in [1.82, 2.24) is 9.78 Å². The molecule has 1 aliphatic rings. The van der Waals surface area contributed by atoms with Crippen molar-refractivity contribution < 1.29 is 9.59 Å². The molecule has 0 bridgehead atoms. The number of carbonyl (C=O) groups is 2. The number of Topliss-reactive ketones (excluding diaryl/α,β-unsaturated/α-hetero) is 1. The van der Waals surface area contributed by atoms with Gasteiger partial charge in [0.2, 0.25) is 0 Å². The van der Waals surface area contributed by atoms with Crippen LogP contribution in [0.25, 0.3) is 11.1 Å². The summed E-state index contributed by atoms with van der Waals surface area (Å²) in [6, 6.07) is 14.7. The van der Waals surface area contributed by atoms with E-state index in [2.05, 4.69) is 10.1 Å². The molecule has 0 saturated heterocycles. The topological polar surface area (TPSA) is 93.6 Å². The van der Waals surface area contributed by atoms with Gasteiger partial charge in [-0.05, 0) is 23.8 Å². The molecule has 0 saturated carbocycles. The highest BCUT2D eigenvalue weighted by Crippen LogP contribution is 2.32. The number of aliphatic imine (C=N–C) groups is 1. The zero-order valence-corrected chi connectivity index (χ0v) is 16.3. The molecule has 7 nitrogen and oxygen atoms in total. The zero-order valence-electron chi connectivity index (χ0n) is 16.3. The van der Waals surface area contributed by atoms with Crippen molar-refractivity contribution in [1.29, 1.82) is 0 Å². The maximum atomic E-state index is 13.0. The van der Waals surface area contributed by atoms with Crippen LogP contribution in [0.5, 0.6) is 0 Å². The van der Waals surface area contributed by atoms with Crippen LogP contribution in [0.3, 0.4) is 0 Å². The molecule has 146 valence electrons. The van der Waals surface area contributed by atoms with Crippen molar-refractivity contribution in [2.75, 3.05) is 25.0 Å². The van der Waals surface area contributed by atoms with Crippen molar-refractivity contribution in [2.24, 2.45) is 17.8 Å². The molecule has 3 aromatic rings. The Hall–Kier alpha value is -3.58. The van der Waals surface area contributed by atoms with Gasteiger partial charge in [0, 0.05) is 42.9 Å². The van der Waals surface area contributed by atoms with Crippen LogP contribution in [0.4, 0.5) is 5.82 Å². The molecule has 2 aromatic carbocycles. The van der Waals surface area contributed by atoms with E-state index in [0.29, 0.717) is 22.7 Å². The van der Waals surface area contributed by atoms with Crippen LogP contribution in [-0.2, 0) is 7.05 Å². The van der Waals surface area contributed by atoms with Crippen LogP contribution in [0.15, 0.2) is 59.7 Å². The van der Waals surface area contributed by atoms with E-state index >= 15 is 0 Å².